The van der Waals surface area contributed by atoms with Crippen LogP contribution < -0.4 is 20.1 Å². The van der Waals surface area contributed by atoms with Gasteiger partial charge in [-0.15, -0.1) is 0 Å². The van der Waals surface area contributed by atoms with Crippen molar-refractivity contribution in [3.05, 3.63) is 88.8 Å². The fraction of sp³-hybridized carbons (Fsp3) is 0.154. The molecular formula is C26H22ClFN4O3. The van der Waals surface area contributed by atoms with Crippen molar-refractivity contribution in [3.8, 4) is 11.5 Å². The summed E-state index contributed by atoms with van der Waals surface area (Å²) in [4.78, 5) is 20.7. The Morgan fingerprint density at radius 2 is 1.89 bits per heavy atom. The Morgan fingerprint density at radius 3 is 2.74 bits per heavy atom. The highest BCUT2D eigenvalue weighted by Gasteiger charge is 2.15. The van der Waals surface area contributed by atoms with E-state index in [1.54, 1.807) is 12.1 Å². The van der Waals surface area contributed by atoms with Crippen LogP contribution in [0.25, 0.3) is 10.9 Å². The number of amides is 1. The fourth-order valence-electron chi connectivity index (χ4n) is 3.81. The normalized spacial score (nSPS) is 13.0. The number of ether oxygens (including phenoxy) is 2. The van der Waals surface area contributed by atoms with Gasteiger partial charge in [0, 0.05) is 41.0 Å². The average molecular weight is 493 g/mol. The minimum Gasteiger partial charge on any atom is -0.486 e. The number of nitrogens with zero attached hydrogens (tertiary/aromatic N) is 1. The van der Waals surface area contributed by atoms with Gasteiger partial charge in [0.1, 0.15) is 19.0 Å². The number of anilines is 1. The smallest absolute Gasteiger partial charge is 0.258 e. The maximum absolute atomic E-state index is 13.5. The zero-order valence-corrected chi connectivity index (χ0v) is 19.4. The number of nitrogens with one attached hydrogen (secondary N) is 3. The SMILES string of the molecule is O=C(NC(=NCCc1c[nH]c2ccccc12)Nc1ccc2c(c1)OCCO2)c1ccc(F)c(Cl)c1. The number of halogens is 2. The summed E-state index contributed by atoms with van der Waals surface area (Å²) < 4.78 is 24.8. The highest BCUT2D eigenvalue weighted by Crippen LogP contribution is 2.32. The van der Waals surface area contributed by atoms with Crippen molar-refractivity contribution >= 4 is 40.1 Å². The quantitative estimate of drug-likeness (QED) is 0.265. The molecule has 0 saturated heterocycles. The van der Waals surface area contributed by atoms with Gasteiger partial charge in [-0.1, -0.05) is 29.8 Å². The largest absolute Gasteiger partial charge is 0.486 e. The lowest BCUT2D eigenvalue weighted by Gasteiger charge is -2.19. The molecule has 0 saturated carbocycles. The van der Waals surface area contributed by atoms with Crippen molar-refractivity contribution in [1.82, 2.24) is 10.3 Å². The van der Waals surface area contributed by atoms with Crippen molar-refractivity contribution in [2.45, 2.75) is 6.42 Å². The summed E-state index contributed by atoms with van der Waals surface area (Å²) in [7, 11) is 0. The second kappa shape index (κ2) is 10.1. The summed E-state index contributed by atoms with van der Waals surface area (Å²) in [6.07, 6.45) is 2.63. The minimum atomic E-state index is -0.592. The molecule has 1 aromatic heterocycles. The monoisotopic (exact) mass is 492 g/mol. The molecular weight excluding hydrogens is 471 g/mol. The van der Waals surface area contributed by atoms with Crippen LogP contribution in [0.2, 0.25) is 5.02 Å². The second-order valence-electron chi connectivity index (χ2n) is 7.91. The summed E-state index contributed by atoms with van der Waals surface area (Å²) in [5, 5.41) is 6.91. The van der Waals surface area contributed by atoms with Gasteiger partial charge in [-0.2, -0.15) is 0 Å². The molecule has 0 bridgehead atoms. The summed E-state index contributed by atoms with van der Waals surface area (Å²) in [6, 6.07) is 17.2. The average Bonchev–Trinajstić information content (AvgIpc) is 3.28. The molecule has 4 aromatic rings. The van der Waals surface area contributed by atoms with Crippen LogP contribution >= 0.6 is 11.6 Å². The van der Waals surface area contributed by atoms with E-state index in [1.807, 2.05) is 30.5 Å². The predicted octanol–water partition coefficient (Wildman–Crippen LogP) is 5.17. The van der Waals surface area contributed by atoms with Gasteiger partial charge in [-0.25, -0.2) is 4.39 Å². The molecule has 2 heterocycles. The molecule has 1 aliphatic heterocycles. The molecule has 35 heavy (non-hydrogen) atoms. The van der Waals surface area contributed by atoms with Gasteiger partial charge in [0.15, 0.2) is 11.5 Å². The number of hydrogen-bond acceptors (Lipinski definition) is 4. The predicted molar refractivity (Wildman–Crippen MR) is 134 cm³/mol. The van der Waals surface area contributed by atoms with E-state index in [9.17, 15) is 9.18 Å². The summed E-state index contributed by atoms with van der Waals surface area (Å²) >= 11 is 5.85. The first-order chi connectivity index (χ1) is 17.1. The second-order valence-corrected chi connectivity index (χ2v) is 8.31. The molecule has 1 aliphatic rings. The maximum atomic E-state index is 13.5. The third-order valence-corrected chi connectivity index (χ3v) is 5.83. The zero-order chi connectivity index (χ0) is 24.2. The third-order valence-electron chi connectivity index (χ3n) is 5.54. The van der Waals surface area contributed by atoms with Crippen LogP contribution in [-0.4, -0.2) is 36.6 Å². The number of aliphatic imine (C=N–C) groups is 1. The molecule has 0 unspecified atom stereocenters. The van der Waals surface area contributed by atoms with Crippen LogP contribution in [0, 0.1) is 5.82 Å². The Labute approximate surface area is 205 Å². The van der Waals surface area contributed by atoms with Gasteiger partial charge in [0.25, 0.3) is 5.91 Å². The molecule has 3 N–H and O–H groups in total. The topological polar surface area (TPSA) is 87.7 Å². The van der Waals surface area contributed by atoms with Crippen LogP contribution in [-0.2, 0) is 6.42 Å². The van der Waals surface area contributed by atoms with E-state index in [0.717, 1.165) is 22.5 Å². The molecule has 0 spiro atoms. The number of fused-ring (bicyclic) bond motifs is 2. The first kappa shape index (κ1) is 22.7. The first-order valence-electron chi connectivity index (χ1n) is 11.1. The number of H-pyrrole nitrogens is 1. The number of carbonyl (C=O) groups is 1. The van der Waals surface area contributed by atoms with Crippen LogP contribution in [0.3, 0.4) is 0 Å². The lowest BCUT2D eigenvalue weighted by molar-refractivity contribution is 0.0977. The van der Waals surface area contributed by atoms with Crippen LogP contribution in [0.15, 0.2) is 71.9 Å². The fourth-order valence-corrected chi connectivity index (χ4v) is 3.99. The van der Waals surface area contributed by atoms with E-state index in [1.165, 1.54) is 12.1 Å². The Kier molecular flexibility index (Phi) is 6.54. The van der Waals surface area contributed by atoms with Gasteiger partial charge in [0.05, 0.1) is 5.02 Å². The highest BCUT2D eigenvalue weighted by atomic mass is 35.5. The lowest BCUT2D eigenvalue weighted by Crippen LogP contribution is -2.36. The standard InChI is InChI=1S/C26H22ClFN4O3/c27-20-13-16(5-7-21(20)28)25(33)32-26(31-18-6-8-23-24(14-18)35-12-11-34-23)29-10-9-17-15-30-22-4-2-1-3-19(17)22/h1-8,13-15,30H,9-12H2,(H2,29,31,32,33). The van der Waals surface area contributed by atoms with Crippen LogP contribution in [0.4, 0.5) is 10.1 Å². The Bertz CT molecular complexity index is 1420. The summed E-state index contributed by atoms with van der Waals surface area (Å²) in [5.41, 5.74) is 3.06. The molecule has 0 fully saturated rings. The Balaban J connectivity index is 1.36. The molecule has 178 valence electrons. The Hall–Kier alpha value is -4.04. The number of rotatable bonds is 5. The molecule has 0 aliphatic carbocycles. The van der Waals surface area contributed by atoms with Crippen molar-refractivity contribution in [1.29, 1.82) is 0 Å². The lowest BCUT2D eigenvalue weighted by atomic mass is 10.1. The minimum absolute atomic E-state index is 0.129. The van der Waals surface area contributed by atoms with Crippen molar-refractivity contribution < 1.29 is 18.7 Å². The third kappa shape index (κ3) is 5.22. The van der Waals surface area contributed by atoms with E-state index >= 15 is 0 Å². The van der Waals surface area contributed by atoms with E-state index in [0.29, 0.717) is 43.4 Å². The van der Waals surface area contributed by atoms with Gasteiger partial charge in [-0.3, -0.25) is 15.1 Å². The number of aromatic nitrogens is 1. The highest BCUT2D eigenvalue weighted by molar-refractivity contribution is 6.31. The van der Waals surface area contributed by atoms with Crippen LogP contribution in [0.5, 0.6) is 11.5 Å². The van der Waals surface area contributed by atoms with Gasteiger partial charge in [0.2, 0.25) is 5.96 Å². The zero-order valence-electron chi connectivity index (χ0n) is 18.6. The summed E-state index contributed by atoms with van der Waals surface area (Å²) in [6.45, 7) is 1.37. The number of hydrogen-bond donors (Lipinski definition) is 3. The molecule has 7 nitrogen and oxygen atoms in total. The molecule has 3 aromatic carbocycles. The number of aromatic amines is 1. The molecule has 0 atom stereocenters. The molecule has 5 rings (SSSR count). The molecule has 0 radical (unpaired) electrons. The Morgan fingerprint density at radius 1 is 1.06 bits per heavy atom. The van der Waals surface area contributed by atoms with E-state index in [2.05, 4.69) is 26.7 Å². The van der Waals surface area contributed by atoms with Crippen molar-refractivity contribution in [2.24, 2.45) is 4.99 Å². The van der Waals surface area contributed by atoms with Gasteiger partial charge >= 0.3 is 0 Å². The maximum Gasteiger partial charge on any atom is 0.258 e. The van der Waals surface area contributed by atoms with E-state index in [-0.39, 0.29) is 16.5 Å². The number of benzene rings is 3. The molecule has 1 amide bonds. The first-order valence-corrected chi connectivity index (χ1v) is 11.5. The van der Waals surface area contributed by atoms with E-state index in [4.69, 9.17) is 21.1 Å². The number of guanidine groups is 1. The van der Waals surface area contributed by atoms with Gasteiger partial charge < -0.3 is 19.8 Å². The molecule has 9 heteroatoms. The van der Waals surface area contributed by atoms with Gasteiger partial charge in [-0.05, 0) is 48.4 Å². The van der Waals surface area contributed by atoms with Crippen LogP contribution in [0.1, 0.15) is 15.9 Å². The number of para-hydroxylation sites is 1. The van der Waals surface area contributed by atoms with E-state index < -0.39 is 11.7 Å². The van der Waals surface area contributed by atoms with Crippen molar-refractivity contribution in [2.75, 3.05) is 25.1 Å². The number of carbonyl (C=O) groups excluding carboxylic acids is 1. The van der Waals surface area contributed by atoms with Crippen molar-refractivity contribution in [3.63, 3.8) is 0 Å². The summed E-state index contributed by atoms with van der Waals surface area (Å²) in [5.74, 6) is 0.445.